The van der Waals surface area contributed by atoms with Gasteiger partial charge in [0.15, 0.2) is 11.5 Å². The summed E-state index contributed by atoms with van der Waals surface area (Å²) in [5.41, 5.74) is 0.262. The summed E-state index contributed by atoms with van der Waals surface area (Å²) in [7, 11) is 1.46. The van der Waals surface area contributed by atoms with Gasteiger partial charge in [-0.05, 0) is 24.5 Å². The first kappa shape index (κ1) is 14.0. The van der Waals surface area contributed by atoms with Gasteiger partial charge in [0.05, 0.1) is 18.1 Å². The maximum atomic E-state index is 12.4. The van der Waals surface area contributed by atoms with Crippen LogP contribution in [0.15, 0.2) is 18.2 Å². The molecule has 5 heteroatoms. The van der Waals surface area contributed by atoms with Crippen LogP contribution in [0.5, 0.6) is 11.5 Å². The number of phenolic OH excluding ortho intramolecular Hbond substituents is 1. The molecule has 4 nitrogen and oxygen atoms in total. The van der Waals surface area contributed by atoms with E-state index in [0.717, 1.165) is 6.42 Å². The number of halogens is 1. The van der Waals surface area contributed by atoms with E-state index < -0.39 is 0 Å². The van der Waals surface area contributed by atoms with Gasteiger partial charge in [-0.2, -0.15) is 0 Å². The lowest BCUT2D eigenvalue weighted by atomic mass is 9.98. The highest BCUT2D eigenvalue weighted by molar-refractivity contribution is 6.21. The molecule has 0 bridgehead atoms. The fourth-order valence-electron chi connectivity index (χ4n) is 2.24. The standard InChI is InChI=1S/C14H18ClNO3/c1-9-6-7-16(8-11(9)15)14(18)10-4-3-5-12(19-2)13(10)17/h3-5,9,11,17H,6-8H2,1-2H3. The van der Waals surface area contributed by atoms with Crippen molar-refractivity contribution in [2.45, 2.75) is 18.7 Å². The number of nitrogens with zero attached hydrogens (tertiary/aromatic N) is 1. The van der Waals surface area contributed by atoms with E-state index in [0.29, 0.717) is 24.8 Å². The molecule has 1 aliphatic heterocycles. The second-order valence-electron chi connectivity index (χ2n) is 4.89. The van der Waals surface area contributed by atoms with Crippen LogP contribution in [0.25, 0.3) is 0 Å². The minimum absolute atomic E-state index is 0.0366. The average molecular weight is 284 g/mol. The molecule has 2 unspecified atom stereocenters. The van der Waals surface area contributed by atoms with Crippen LogP contribution in [0.1, 0.15) is 23.7 Å². The normalized spacial score (nSPS) is 23.2. The van der Waals surface area contributed by atoms with Gasteiger partial charge >= 0.3 is 0 Å². The number of likely N-dealkylation sites (tertiary alicyclic amines) is 1. The van der Waals surface area contributed by atoms with Crippen LogP contribution in [0, 0.1) is 5.92 Å². The summed E-state index contributed by atoms with van der Waals surface area (Å²) in [5, 5.41) is 9.97. The second kappa shape index (κ2) is 5.70. The number of piperidine rings is 1. The Morgan fingerprint density at radius 1 is 1.53 bits per heavy atom. The number of carbonyl (C=O) groups excluding carboxylic acids is 1. The first-order valence-corrected chi connectivity index (χ1v) is 6.77. The van der Waals surface area contributed by atoms with Crippen molar-refractivity contribution in [2.75, 3.05) is 20.2 Å². The first-order valence-electron chi connectivity index (χ1n) is 6.34. The zero-order valence-electron chi connectivity index (χ0n) is 11.1. The summed E-state index contributed by atoms with van der Waals surface area (Å²) in [6.45, 7) is 3.26. The number of amides is 1. The van der Waals surface area contributed by atoms with Crippen LogP contribution < -0.4 is 4.74 Å². The summed E-state index contributed by atoms with van der Waals surface area (Å²) >= 11 is 6.21. The van der Waals surface area contributed by atoms with Gasteiger partial charge in [0.2, 0.25) is 0 Å². The number of ether oxygens (including phenoxy) is 1. The van der Waals surface area contributed by atoms with Gasteiger partial charge in [-0.15, -0.1) is 11.6 Å². The third-order valence-corrected chi connectivity index (χ3v) is 4.17. The Labute approximate surface area is 117 Å². The number of hydrogen-bond donors (Lipinski definition) is 1. The fourth-order valence-corrected chi connectivity index (χ4v) is 2.53. The molecule has 19 heavy (non-hydrogen) atoms. The monoisotopic (exact) mass is 283 g/mol. The predicted molar refractivity (Wildman–Crippen MR) is 74.0 cm³/mol. The van der Waals surface area contributed by atoms with Crippen molar-refractivity contribution in [1.82, 2.24) is 4.90 Å². The number of methoxy groups -OCH3 is 1. The molecule has 0 radical (unpaired) electrons. The molecule has 1 saturated heterocycles. The summed E-state index contributed by atoms with van der Waals surface area (Å²) in [4.78, 5) is 14.1. The Bertz CT molecular complexity index is 478. The van der Waals surface area contributed by atoms with Crippen molar-refractivity contribution in [2.24, 2.45) is 5.92 Å². The van der Waals surface area contributed by atoms with Crippen LogP contribution in [0.2, 0.25) is 0 Å². The molecule has 1 heterocycles. The Hall–Kier alpha value is -1.42. The topological polar surface area (TPSA) is 49.8 Å². The summed E-state index contributed by atoms with van der Waals surface area (Å²) < 4.78 is 5.01. The molecule has 1 N–H and O–H groups in total. The Balaban J connectivity index is 2.20. The zero-order valence-corrected chi connectivity index (χ0v) is 11.9. The lowest BCUT2D eigenvalue weighted by Crippen LogP contribution is -2.43. The minimum atomic E-state index is -0.200. The van der Waals surface area contributed by atoms with Crippen molar-refractivity contribution < 1.29 is 14.6 Å². The molecule has 0 aromatic heterocycles. The van der Waals surface area contributed by atoms with Crippen LogP contribution >= 0.6 is 11.6 Å². The molecule has 0 aliphatic carbocycles. The predicted octanol–water partition coefficient (Wildman–Crippen LogP) is 2.49. The smallest absolute Gasteiger partial charge is 0.257 e. The summed E-state index contributed by atoms with van der Waals surface area (Å²) in [6, 6.07) is 4.91. The van der Waals surface area contributed by atoms with Gasteiger partial charge in [0.1, 0.15) is 0 Å². The van der Waals surface area contributed by atoms with Crippen molar-refractivity contribution in [1.29, 1.82) is 0 Å². The maximum absolute atomic E-state index is 12.4. The van der Waals surface area contributed by atoms with Crippen LogP contribution in [0.3, 0.4) is 0 Å². The molecular weight excluding hydrogens is 266 g/mol. The van der Waals surface area contributed by atoms with Gasteiger partial charge in [0.25, 0.3) is 5.91 Å². The molecule has 0 spiro atoms. The minimum Gasteiger partial charge on any atom is -0.504 e. The number of hydrogen-bond acceptors (Lipinski definition) is 3. The van der Waals surface area contributed by atoms with Gasteiger partial charge in [-0.1, -0.05) is 13.0 Å². The number of carbonyl (C=O) groups is 1. The molecular formula is C14H18ClNO3. The largest absolute Gasteiger partial charge is 0.504 e. The molecule has 1 aromatic rings. The zero-order chi connectivity index (χ0) is 14.0. The average Bonchev–Trinajstić information content (AvgIpc) is 2.41. The second-order valence-corrected chi connectivity index (χ2v) is 5.45. The lowest BCUT2D eigenvalue weighted by molar-refractivity contribution is 0.0698. The molecule has 0 saturated carbocycles. The SMILES string of the molecule is COc1cccc(C(=O)N2CCC(C)C(Cl)C2)c1O. The van der Waals surface area contributed by atoms with Gasteiger partial charge < -0.3 is 14.7 Å². The summed E-state index contributed by atoms with van der Waals surface area (Å²) in [5.74, 6) is 0.400. The highest BCUT2D eigenvalue weighted by Crippen LogP contribution is 2.31. The Morgan fingerprint density at radius 3 is 2.89 bits per heavy atom. The van der Waals surface area contributed by atoms with E-state index in [1.54, 1.807) is 23.1 Å². The van der Waals surface area contributed by atoms with E-state index in [9.17, 15) is 9.90 Å². The molecule has 1 amide bonds. The van der Waals surface area contributed by atoms with Crippen LogP contribution in [0.4, 0.5) is 0 Å². The van der Waals surface area contributed by atoms with Crippen molar-refractivity contribution in [3.63, 3.8) is 0 Å². The van der Waals surface area contributed by atoms with Gasteiger partial charge in [-0.25, -0.2) is 0 Å². The number of aromatic hydroxyl groups is 1. The molecule has 1 aromatic carbocycles. The maximum Gasteiger partial charge on any atom is 0.257 e. The Morgan fingerprint density at radius 2 is 2.26 bits per heavy atom. The third kappa shape index (κ3) is 2.78. The highest BCUT2D eigenvalue weighted by Gasteiger charge is 2.29. The molecule has 2 atom stereocenters. The first-order chi connectivity index (χ1) is 9.04. The van der Waals surface area contributed by atoms with E-state index in [-0.39, 0.29) is 22.6 Å². The van der Waals surface area contributed by atoms with E-state index in [2.05, 4.69) is 6.92 Å². The van der Waals surface area contributed by atoms with Crippen molar-refractivity contribution in [3.05, 3.63) is 23.8 Å². The number of benzene rings is 1. The third-order valence-electron chi connectivity index (χ3n) is 3.60. The van der Waals surface area contributed by atoms with Crippen molar-refractivity contribution in [3.8, 4) is 11.5 Å². The number of alkyl halides is 1. The molecule has 1 fully saturated rings. The van der Waals surface area contributed by atoms with Gasteiger partial charge in [0, 0.05) is 13.1 Å². The van der Waals surface area contributed by atoms with E-state index in [4.69, 9.17) is 16.3 Å². The van der Waals surface area contributed by atoms with Crippen molar-refractivity contribution >= 4 is 17.5 Å². The van der Waals surface area contributed by atoms with Crippen LogP contribution in [-0.2, 0) is 0 Å². The van der Waals surface area contributed by atoms with E-state index >= 15 is 0 Å². The molecule has 1 aliphatic rings. The molecule has 2 rings (SSSR count). The van der Waals surface area contributed by atoms with Gasteiger partial charge in [-0.3, -0.25) is 4.79 Å². The molecule has 104 valence electrons. The van der Waals surface area contributed by atoms with Crippen LogP contribution in [-0.4, -0.2) is 41.5 Å². The number of phenols is 1. The quantitative estimate of drug-likeness (QED) is 0.849. The van der Waals surface area contributed by atoms with E-state index in [1.165, 1.54) is 7.11 Å². The number of para-hydroxylation sites is 1. The van der Waals surface area contributed by atoms with E-state index in [1.807, 2.05) is 0 Å². The highest BCUT2D eigenvalue weighted by atomic mass is 35.5. The summed E-state index contributed by atoms with van der Waals surface area (Å²) in [6.07, 6.45) is 0.880. The number of rotatable bonds is 2. The fraction of sp³-hybridized carbons (Fsp3) is 0.500. The lowest BCUT2D eigenvalue weighted by Gasteiger charge is -2.34. The Kier molecular flexibility index (Phi) is 4.20.